The van der Waals surface area contributed by atoms with E-state index in [1.807, 2.05) is 17.4 Å². The van der Waals surface area contributed by atoms with Crippen LogP contribution in [0.3, 0.4) is 0 Å². The van der Waals surface area contributed by atoms with Crippen LogP contribution in [0.1, 0.15) is 5.56 Å². The number of thiophene rings is 1. The van der Waals surface area contributed by atoms with Gasteiger partial charge in [0.1, 0.15) is 0 Å². The number of hydrogen-bond acceptors (Lipinski definition) is 1. The van der Waals surface area contributed by atoms with Gasteiger partial charge in [-0.3, -0.25) is 0 Å². The predicted octanol–water partition coefficient (Wildman–Crippen LogP) is 13.1. The van der Waals surface area contributed by atoms with Crippen molar-refractivity contribution in [2.45, 2.75) is 0 Å². The van der Waals surface area contributed by atoms with Crippen molar-refractivity contribution < 1.29 is 0 Å². The Hall–Kier alpha value is -6.36. The number of H-pyrrole nitrogens is 1. The summed E-state index contributed by atoms with van der Waals surface area (Å²) in [5.74, 6) is 0. The van der Waals surface area contributed by atoms with E-state index in [9.17, 15) is 0 Å². The second-order valence-electron chi connectivity index (χ2n) is 13.4. The van der Waals surface area contributed by atoms with Crippen LogP contribution in [0.4, 0.5) is 0 Å². The maximum atomic E-state index is 4.02. The molecule has 0 bridgehead atoms. The number of aromatic nitrogens is 3. The summed E-state index contributed by atoms with van der Waals surface area (Å²) in [6.45, 7) is 4.02. The Bertz CT molecular complexity index is 3380. The topological polar surface area (TPSA) is 25.6 Å². The Morgan fingerprint density at radius 2 is 1.32 bits per heavy atom. The summed E-state index contributed by atoms with van der Waals surface area (Å²) in [5.41, 5.74) is 10.7. The third-order valence-corrected chi connectivity index (χ3v) is 12.2. The lowest BCUT2D eigenvalue weighted by Gasteiger charge is -2.14. The zero-order valence-electron chi connectivity index (χ0n) is 26.9. The number of hydrogen-bond donors (Lipinski definition) is 1. The van der Waals surface area contributed by atoms with Gasteiger partial charge in [-0.1, -0.05) is 104 Å². The molecule has 0 spiro atoms. The van der Waals surface area contributed by atoms with Crippen LogP contribution in [0.15, 0.2) is 146 Å². The molecule has 12 rings (SSSR count). The van der Waals surface area contributed by atoms with E-state index in [0.29, 0.717) is 0 Å². The number of nitrogens with one attached hydrogen (secondary N) is 1. The number of aromatic amines is 1. The third kappa shape index (κ3) is 3.24. The number of benzene rings is 8. The molecular formula is C46H27N3S. The van der Waals surface area contributed by atoms with Crippen LogP contribution in [-0.4, -0.2) is 14.1 Å². The second-order valence-corrected chi connectivity index (χ2v) is 14.5. The Labute approximate surface area is 289 Å². The van der Waals surface area contributed by atoms with Gasteiger partial charge in [0.2, 0.25) is 0 Å². The van der Waals surface area contributed by atoms with Gasteiger partial charge in [-0.05, 0) is 59.5 Å². The Kier molecular flexibility index (Phi) is 5.00. The molecule has 4 heterocycles. The normalized spacial score (nSPS) is 12.5. The molecule has 4 heteroatoms. The van der Waals surface area contributed by atoms with Crippen LogP contribution >= 0.6 is 11.3 Å². The van der Waals surface area contributed by atoms with Crippen molar-refractivity contribution in [3.05, 3.63) is 152 Å². The van der Waals surface area contributed by atoms with E-state index in [-0.39, 0.29) is 0 Å². The smallest absolute Gasteiger partial charge is 0.0795 e. The first-order valence-electron chi connectivity index (χ1n) is 17.1. The summed E-state index contributed by atoms with van der Waals surface area (Å²) in [6.07, 6.45) is 1.91. The minimum Gasteiger partial charge on any atom is -0.354 e. The lowest BCUT2D eigenvalue weighted by molar-refractivity contribution is 1.16. The molecule has 0 atom stereocenters. The van der Waals surface area contributed by atoms with Crippen LogP contribution in [0, 0.1) is 0 Å². The summed E-state index contributed by atoms with van der Waals surface area (Å²) in [6, 6.07) is 51.6. The highest BCUT2D eigenvalue weighted by Crippen LogP contribution is 2.49. The third-order valence-electron chi connectivity index (χ3n) is 10.9. The predicted molar refractivity (Wildman–Crippen MR) is 216 cm³/mol. The Balaban J connectivity index is 1.38. The molecule has 0 aliphatic rings. The van der Waals surface area contributed by atoms with E-state index >= 15 is 0 Å². The number of fused-ring (bicyclic) bond motifs is 11. The maximum absolute atomic E-state index is 4.02. The van der Waals surface area contributed by atoms with Gasteiger partial charge >= 0.3 is 0 Å². The molecule has 0 aliphatic carbocycles. The zero-order chi connectivity index (χ0) is 32.7. The Morgan fingerprint density at radius 1 is 0.540 bits per heavy atom. The van der Waals surface area contributed by atoms with Gasteiger partial charge in [0.25, 0.3) is 0 Å². The fourth-order valence-corrected chi connectivity index (χ4v) is 10.0. The molecule has 0 fully saturated rings. The van der Waals surface area contributed by atoms with Crippen molar-refractivity contribution in [1.29, 1.82) is 0 Å². The highest BCUT2D eigenvalue weighted by atomic mass is 32.1. The van der Waals surface area contributed by atoms with E-state index in [1.54, 1.807) is 0 Å². The van der Waals surface area contributed by atoms with Crippen molar-refractivity contribution in [1.82, 2.24) is 14.1 Å². The van der Waals surface area contributed by atoms with Gasteiger partial charge in [-0.2, -0.15) is 0 Å². The van der Waals surface area contributed by atoms with E-state index in [0.717, 1.165) is 11.3 Å². The molecule has 232 valence electrons. The van der Waals surface area contributed by atoms with Crippen molar-refractivity contribution in [2.24, 2.45) is 0 Å². The zero-order valence-corrected chi connectivity index (χ0v) is 27.7. The molecule has 0 aliphatic heterocycles. The van der Waals surface area contributed by atoms with E-state index in [2.05, 4.69) is 160 Å². The van der Waals surface area contributed by atoms with Crippen molar-refractivity contribution in [2.75, 3.05) is 0 Å². The molecular weight excluding hydrogens is 627 g/mol. The largest absolute Gasteiger partial charge is 0.354 e. The molecule has 0 saturated heterocycles. The fraction of sp³-hybridized carbons (Fsp3) is 0. The lowest BCUT2D eigenvalue weighted by Crippen LogP contribution is -1.99. The maximum Gasteiger partial charge on any atom is 0.0795 e. The minimum absolute atomic E-state index is 1.11. The highest BCUT2D eigenvalue weighted by Gasteiger charge is 2.26. The summed E-state index contributed by atoms with van der Waals surface area (Å²) < 4.78 is 7.69. The molecule has 0 radical (unpaired) electrons. The summed E-state index contributed by atoms with van der Waals surface area (Å²) in [5, 5.41) is 12.7. The van der Waals surface area contributed by atoms with Crippen molar-refractivity contribution in [3.63, 3.8) is 0 Å². The first kappa shape index (κ1) is 26.6. The standard InChI is InChI=1S/C46H27N3S/c1-2-26-18-21-28(22-19-26)48-37-15-7-4-11-30(37)35-24-27-20-23-33-42-39(25-34-29-10-3-6-14-36(29)47-43(33)34)49(45(41(27)42)44(35)48)38-16-9-13-32-31-12-5-8-17-40(31)50-46(32)38/h2-25,47H,1H2. The molecule has 50 heavy (non-hydrogen) atoms. The average molecular weight is 654 g/mol. The van der Waals surface area contributed by atoms with Crippen molar-refractivity contribution >= 4 is 114 Å². The Morgan fingerprint density at radius 3 is 2.20 bits per heavy atom. The molecule has 4 aromatic heterocycles. The van der Waals surface area contributed by atoms with Gasteiger partial charge in [0.05, 0.1) is 38.0 Å². The quantitative estimate of drug-likeness (QED) is 0.184. The number of nitrogens with zero attached hydrogens (tertiary/aromatic N) is 2. The molecule has 1 N–H and O–H groups in total. The summed E-state index contributed by atoms with van der Waals surface area (Å²) >= 11 is 1.89. The molecule has 3 nitrogen and oxygen atoms in total. The van der Waals surface area contributed by atoms with E-state index < -0.39 is 0 Å². The van der Waals surface area contributed by atoms with Gasteiger partial charge < -0.3 is 14.1 Å². The lowest BCUT2D eigenvalue weighted by atomic mass is 9.98. The monoisotopic (exact) mass is 653 g/mol. The van der Waals surface area contributed by atoms with Gasteiger partial charge in [-0.15, -0.1) is 11.3 Å². The molecule has 0 amide bonds. The summed E-state index contributed by atoms with van der Waals surface area (Å²) in [7, 11) is 0. The van der Waals surface area contributed by atoms with Crippen LogP contribution in [0.2, 0.25) is 0 Å². The number of rotatable bonds is 3. The van der Waals surface area contributed by atoms with Crippen LogP contribution in [-0.2, 0) is 0 Å². The molecule has 12 aromatic rings. The molecule has 0 saturated carbocycles. The average Bonchev–Trinajstić information content (AvgIpc) is 3.92. The van der Waals surface area contributed by atoms with E-state index in [1.165, 1.54) is 102 Å². The first-order chi connectivity index (χ1) is 24.8. The van der Waals surface area contributed by atoms with Crippen LogP contribution < -0.4 is 0 Å². The second kappa shape index (κ2) is 9.41. The number of para-hydroxylation sites is 2. The first-order valence-corrected chi connectivity index (χ1v) is 17.9. The van der Waals surface area contributed by atoms with Gasteiger partial charge in [0, 0.05) is 64.4 Å². The fourth-order valence-electron chi connectivity index (χ4n) is 8.82. The van der Waals surface area contributed by atoms with Gasteiger partial charge in [0.15, 0.2) is 0 Å². The highest BCUT2D eigenvalue weighted by molar-refractivity contribution is 7.26. The van der Waals surface area contributed by atoms with Crippen molar-refractivity contribution in [3.8, 4) is 11.4 Å². The van der Waals surface area contributed by atoms with Crippen LogP contribution in [0.5, 0.6) is 0 Å². The van der Waals surface area contributed by atoms with Crippen LogP contribution in [0.25, 0.3) is 114 Å². The molecule has 8 aromatic carbocycles. The molecule has 0 unspecified atom stereocenters. The summed E-state index contributed by atoms with van der Waals surface area (Å²) in [4.78, 5) is 3.81. The minimum atomic E-state index is 1.11. The van der Waals surface area contributed by atoms with E-state index in [4.69, 9.17) is 0 Å². The SMILES string of the molecule is C=Cc1ccc(-n2c3ccccc3c3cc4ccc5c6[nH]c7ccccc7c6cc6c5c4c(c32)n6-c2cccc3c2sc2ccccc23)cc1. The van der Waals surface area contributed by atoms with Gasteiger partial charge in [-0.25, -0.2) is 0 Å².